The molecule has 0 aliphatic carbocycles. The fourth-order valence-electron chi connectivity index (χ4n) is 2.99. The molecule has 0 radical (unpaired) electrons. The van der Waals surface area contributed by atoms with E-state index in [1.165, 1.54) is 13.2 Å². The molecular weight excluding hydrogens is 374 g/mol. The van der Waals surface area contributed by atoms with Crippen LogP contribution in [0, 0.1) is 5.92 Å². The van der Waals surface area contributed by atoms with Crippen molar-refractivity contribution in [2.24, 2.45) is 11.7 Å². The summed E-state index contributed by atoms with van der Waals surface area (Å²) in [5, 5.41) is 9.43. The van der Waals surface area contributed by atoms with Gasteiger partial charge in [0.25, 0.3) is 0 Å². The Labute approximate surface area is 167 Å². The van der Waals surface area contributed by atoms with Crippen LogP contribution in [0.15, 0.2) is 30.3 Å². The molecule has 0 saturated carbocycles. The van der Waals surface area contributed by atoms with Crippen molar-refractivity contribution in [1.82, 2.24) is 9.97 Å². The van der Waals surface area contributed by atoms with E-state index in [2.05, 4.69) is 9.97 Å². The van der Waals surface area contributed by atoms with Gasteiger partial charge < -0.3 is 20.3 Å². The molecule has 3 N–H and O–H groups in total. The Morgan fingerprint density at radius 1 is 1.14 bits per heavy atom. The molecule has 0 aliphatic heterocycles. The lowest BCUT2D eigenvalue weighted by atomic mass is 10.0. The predicted molar refractivity (Wildman–Crippen MR) is 108 cm³/mol. The Kier molecular flexibility index (Phi) is 5.93. The number of carboxylic acid groups (broad SMARTS) is 1. The summed E-state index contributed by atoms with van der Waals surface area (Å²) in [6, 6.07) is 7.49. The first-order valence-corrected chi connectivity index (χ1v) is 9.29. The summed E-state index contributed by atoms with van der Waals surface area (Å²) in [4.78, 5) is 32.8. The van der Waals surface area contributed by atoms with Gasteiger partial charge in [-0.25, -0.2) is 14.8 Å². The topological polar surface area (TPSA) is 125 Å². The monoisotopic (exact) mass is 397 g/mol. The minimum atomic E-state index is -1.09. The normalized spacial score (nSPS) is 13.2. The standard InChI is InChI=1S/C21H23N3O5/c1-4-11(2)16(22)21(27)29-10-12-8-9-15(28-3)19-17(12)23-14-7-5-6-13(20(25)26)18(14)24-19/h5-9,11,16H,4,10,22H2,1-3H3,(H,25,26)/t11-,16-/m0/s1. The van der Waals surface area contributed by atoms with Crippen LogP contribution in [0.4, 0.5) is 0 Å². The lowest BCUT2D eigenvalue weighted by Gasteiger charge is -2.17. The highest BCUT2D eigenvalue weighted by molar-refractivity contribution is 6.03. The molecule has 8 nitrogen and oxygen atoms in total. The van der Waals surface area contributed by atoms with E-state index in [-0.39, 0.29) is 23.6 Å². The molecule has 3 aromatic rings. The van der Waals surface area contributed by atoms with Crippen LogP contribution in [0.25, 0.3) is 22.1 Å². The van der Waals surface area contributed by atoms with Crippen LogP contribution in [-0.2, 0) is 16.1 Å². The van der Waals surface area contributed by atoms with E-state index >= 15 is 0 Å². The molecule has 0 bridgehead atoms. The molecule has 0 unspecified atom stereocenters. The van der Waals surface area contributed by atoms with Gasteiger partial charge in [0.05, 0.1) is 23.7 Å². The average molecular weight is 397 g/mol. The Morgan fingerprint density at radius 3 is 2.55 bits per heavy atom. The second-order valence-corrected chi connectivity index (χ2v) is 6.85. The maximum atomic E-state index is 12.2. The van der Waals surface area contributed by atoms with E-state index in [9.17, 15) is 14.7 Å². The van der Waals surface area contributed by atoms with E-state index in [0.717, 1.165) is 6.42 Å². The molecule has 2 aromatic carbocycles. The number of hydrogen-bond donors (Lipinski definition) is 2. The minimum Gasteiger partial charge on any atom is -0.494 e. The van der Waals surface area contributed by atoms with Crippen molar-refractivity contribution in [1.29, 1.82) is 0 Å². The smallest absolute Gasteiger partial charge is 0.337 e. The van der Waals surface area contributed by atoms with E-state index in [1.807, 2.05) is 13.8 Å². The zero-order valence-electron chi connectivity index (χ0n) is 16.5. The molecule has 29 heavy (non-hydrogen) atoms. The van der Waals surface area contributed by atoms with E-state index in [0.29, 0.717) is 27.9 Å². The van der Waals surface area contributed by atoms with Crippen molar-refractivity contribution < 1.29 is 24.2 Å². The van der Waals surface area contributed by atoms with Gasteiger partial charge in [-0.3, -0.25) is 4.79 Å². The number of nitrogens with two attached hydrogens (primary N) is 1. The van der Waals surface area contributed by atoms with Gasteiger partial charge >= 0.3 is 11.9 Å². The molecule has 0 aliphatic rings. The van der Waals surface area contributed by atoms with Crippen molar-refractivity contribution >= 4 is 34.0 Å². The van der Waals surface area contributed by atoms with E-state index < -0.39 is 18.0 Å². The summed E-state index contributed by atoms with van der Waals surface area (Å²) in [5.41, 5.74) is 8.17. The number of esters is 1. The van der Waals surface area contributed by atoms with Crippen molar-refractivity contribution in [3.8, 4) is 5.75 Å². The molecule has 2 atom stereocenters. The molecule has 1 heterocycles. The van der Waals surface area contributed by atoms with Crippen LogP contribution < -0.4 is 10.5 Å². The number of benzene rings is 2. The van der Waals surface area contributed by atoms with Crippen LogP contribution in [0.5, 0.6) is 5.75 Å². The largest absolute Gasteiger partial charge is 0.494 e. The Bertz CT molecular complexity index is 1080. The zero-order chi connectivity index (χ0) is 21.1. The number of para-hydroxylation sites is 1. The van der Waals surface area contributed by atoms with Crippen molar-refractivity contribution in [3.63, 3.8) is 0 Å². The summed E-state index contributed by atoms with van der Waals surface area (Å²) in [6.45, 7) is 3.83. The van der Waals surface area contributed by atoms with Gasteiger partial charge in [0, 0.05) is 5.56 Å². The van der Waals surface area contributed by atoms with Crippen LogP contribution in [0.1, 0.15) is 36.2 Å². The summed E-state index contributed by atoms with van der Waals surface area (Å²) in [6.07, 6.45) is 0.769. The lowest BCUT2D eigenvalue weighted by Crippen LogP contribution is -2.37. The fourth-order valence-corrected chi connectivity index (χ4v) is 2.99. The first-order valence-electron chi connectivity index (χ1n) is 9.29. The summed E-state index contributed by atoms with van der Waals surface area (Å²) in [7, 11) is 1.49. The third-order valence-electron chi connectivity index (χ3n) is 5.02. The van der Waals surface area contributed by atoms with Gasteiger partial charge in [-0.15, -0.1) is 0 Å². The zero-order valence-corrected chi connectivity index (χ0v) is 16.5. The number of rotatable bonds is 7. The summed E-state index contributed by atoms with van der Waals surface area (Å²) < 4.78 is 10.8. The van der Waals surface area contributed by atoms with E-state index in [1.54, 1.807) is 24.3 Å². The first-order chi connectivity index (χ1) is 13.9. The van der Waals surface area contributed by atoms with Crippen molar-refractivity contribution in [2.45, 2.75) is 32.9 Å². The Balaban J connectivity index is 2.05. The number of ether oxygens (including phenoxy) is 2. The number of aromatic carboxylic acids is 1. The summed E-state index contributed by atoms with van der Waals surface area (Å²) >= 11 is 0. The first kappa shape index (κ1) is 20.5. The van der Waals surface area contributed by atoms with Gasteiger partial charge in [-0.05, 0) is 30.2 Å². The molecule has 0 spiro atoms. The maximum Gasteiger partial charge on any atom is 0.337 e. The van der Waals surface area contributed by atoms with Gasteiger partial charge in [0.15, 0.2) is 0 Å². The quantitative estimate of drug-likeness (QED) is 0.460. The highest BCUT2D eigenvalue weighted by Crippen LogP contribution is 2.29. The number of carbonyl (C=O) groups excluding carboxylic acids is 1. The Hall–Kier alpha value is -3.26. The molecule has 8 heteroatoms. The number of methoxy groups -OCH3 is 1. The highest BCUT2D eigenvalue weighted by atomic mass is 16.5. The second kappa shape index (κ2) is 8.40. The number of fused-ring (bicyclic) bond motifs is 2. The number of carbonyl (C=O) groups is 2. The third kappa shape index (κ3) is 3.97. The third-order valence-corrected chi connectivity index (χ3v) is 5.02. The second-order valence-electron chi connectivity index (χ2n) is 6.85. The van der Waals surface area contributed by atoms with Gasteiger partial charge in [-0.1, -0.05) is 26.3 Å². The minimum absolute atomic E-state index is 0.00767. The lowest BCUT2D eigenvalue weighted by molar-refractivity contribution is -0.147. The van der Waals surface area contributed by atoms with Gasteiger partial charge in [-0.2, -0.15) is 0 Å². The SMILES string of the molecule is CC[C@H](C)[C@H](N)C(=O)OCc1ccc(OC)c2nc3c(C(=O)O)cccc3nc12. The molecule has 3 rings (SSSR count). The number of hydrogen-bond acceptors (Lipinski definition) is 7. The molecule has 152 valence electrons. The van der Waals surface area contributed by atoms with Crippen LogP contribution in [0.2, 0.25) is 0 Å². The Morgan fingerprint density at radius 2 is 1.90 bits per heavy atom. The summed E-state index contributed by atoms with van der Waals surface area (Å²) in [5.74, 6) is -1.12. The van der Waals surface area contributed by atoms with Crippen LogP contribution in [-0.4, -0.2) is 40.2 Å². The van der Waals surface area contributed by atoms with Gasteiger partial charge in [0.2, 0.25) is 0 Å². The molecule has 0 amide bonds. The molecule has 0 fully saturated rings. The predicted octanol–water partition coefficient (Wildman–Crippen LogP) is 2.91. The number of aromatic nitrogens is 2. The van der Waals surface area contributed by atoms with Crippen LogP contribution in [0.3, 0.4) is 0 Å². The maximum absolute atomic E-state index is 12.2. The molecule has 0 saturated heterocycles. The number of nitrogens with zero attached hydrogens (tertiary/aromatic N) is 2. The number of carboxylic acids is 1. The highest BCUT2D eigenvalue weighted by Gasteiger charge is 2.22. The fraction of sp³-hybridized carbons (Fsp3) is 0.333. The van der Waals surface area contributed by atoms with Crippen molar-refractivity contribution in [2.75, 3.05) is 7.11 Å². The average Bonchev–Trinajstić information content (AvgIpc) is 2.74. The molecule has 1 aromatic heterocycles. The molecular formula is C21H23N3O5. The van der Waals surface area contributed by atoms with Gasteiger partial charge in [0.1, 0.15) is 29.4 Å². The van der Waals surface area contributed by atoms with E-state index in [4.69, 9.17) is 15.2 Å². The van der Waals surface area contributed by atoms with Crippen LogP contribution >= 0.6 is 0 Å². The van der Waals surface area contributed by atoms with Crippen molar-refractivity contribution in [3.05, 3.63) is 41.5 Å².